The molecule has 0 bridgehead atoms. The molecule has 3 N–H and O–H groups in total. The number of imidazole rings is 1. The molecule has 0 aliphatic rings. The van der Waals surface area contributed by atoms with Crippen LogP contribution >= 0.6 is 0 Å². The van der Waals surface area contributed by atoms with E-state index in [4.69, 9.17) is 19.4 Å². The van der Waals surface area contributed by atoms with Crippen molar-refractivity contribution >= 4 is 34.0 Å². The third-order valence-corrected chi connectivity index (χ3v) is 5.13. The Morgan fingerprint density at radius 2 is 1.71 bits per heavy atom. The lowest BCUT2D eigenvalue weighted by atomic mass is 10.1. The molecule has 0 saturated heterocycles. The first-order valence-electron chi connectivity index (χ1n) is 10.5. The maximum absolute atomic E-state index is 5.47. The zero-order chi connectivity index (χ0) is 23.5. The molecule has 4 heterocycles. The number of pyridine rings is 2. The average molecular weight is 454 g/mol. The van der Waals surface area contributed by atoms with Gasteiger partial charge in [-0.05, 0) is 31.2 Å². The molecule has 4 aromatic heterocycles. The van der Waals surface area contributed by atoms with Crippen LogP contribution in [0.2, 0.25) is 0 Å². The number of methoxy groups -OCH3 is 2. The summed E-state index contributed by atoms with van der Waals surface area (Å²) >= 11 is 0. The SMILES string of the molecule is COc1ccc(Nc2ncc(Nc3ccccc3OC)cc2-c2nc(C)nc3nc[nH]c23)cn1. The minimum Gasteiger partial charge on any atom is -0.495 e. The van der Waals surface area contributed by atoms with Crippen molar-refractivity contribution in [3.05, 3.63) is 67.0 Å². The Bertz CT molecular complexity index is 1450. The van der Waals surface area contributed by atoms with E-state index in [1.165, 1.54) is 0 Å². The highest BCUT2D eigenvalue weighted by molar-refractivity contribution is 5.92. The Hall–Kier alpha value is -4.73. The first kappa shape index (κ1) is 21.1. The molecule has 170 valence electrons. The molecule has 0 spiro atoms. The van der Waals surface area contributed by atoms with E-state index in [1.807, 2.05) is 43.3 Å². The van der Waals surface area contributed by atoms with E-state index in [-0.39, 0.29) is 0 Å². The Balaban J connectivity index is 1.61. The monoisotopic (exact) mass is 454 g/mol. The number of ether oxygens (including phenoxy) is 2. The standard InChI is InChI=1S/C24H22N8O2/c1-14-29-21(22-24(30-14)28-13-27-22)17-10-16(31-18-6-4-5-7-19(18)33-2)12-26-23(17)32-15-8-9-20(34-3)25-11-15/h4-13,31H,1-3H3,(H,26,32)(H,27,28,29,30). The quantitative estimate of drug-likeness (QED) is 0.323. The van der Waals surface area contributed by atoms with Gasteiger partial charge in [0.05, 0.1) is 50.0 Å². The lowest BCUT2D eigenvalue weighted by molar-refractivity contribution is 0.398. The Labute approximate surface area is 195 Å². The topological polar surface area (TPSA) is 123 Å². The van der Waals surface area contributed by atoms with Crippen molar-refractivity contribution in [2.45, 2.75) is 6.92 Å². The minimum atomic E-state index is 0.528. The van der Waals surface area contributed by atoms with Crippen LogP contribution in [0, 0.1) is 6.92 Å². The van der Waals surface area contributed by atoms with Crippen molar-refractivity contribution in [3.8, 4) is 22.9 Å². The second-order valence-electron chi connectivity index (χ2n) is 7.38. The predicted molar refractivity (Wildman–Crippen MR) is 130 cm³/mol. The van der Waals surface area contributed by atoms with Crippen molar-refractivity contribution in [2.24, 2.45) is 0 Å². The van der Waals surface area contributed by atoms with Gasteiger partial charge in [-0.3, -0.25) is 0 Å². The van der Waals surface area contributed by atoms with Crippen molar-refractivity contribution in [3.63, 3.8) is 0 Å². The number of benzene rings is 1. The summed E-state index contributed by atoms with van der Waals surface area (Å²) in [5.74, 6) is 2.46. The van der Waals surface area contributed by atoms with Gasteiger partial charge < -0.3 is 25.1 Å². The van der Waals surface area contributed by atoms with Gasteiger partial charge in [0.2, 0.25) is 5.88 Å². The number of hydrogen-bond donors (Lipinski definition) is 3. The molecule has 0 radical (unpaired) electrons. The fourth-order valence-electron chi connectivity index (χ4n) is 3.57. The fraction of sp³-hybridized carbons (Fsp3) is 0.125. The largest absolute Gasteiger partial charge is 0.495 e. The number of aromatic nitrogens is 6. The van der Waals surface area contributed by atoms with E-state index >= 15 is 0 Å². The Morgan fingerprint density at radius 1 is 0.853 bits per heavy atom. The van der Waals surface area contributed by atoms with Gasteiger partial charge in [0.1, 0.15) is 28.6 Å². The number of H-pyrrole nitrogens is 1. The maximum Gasteiger partial charge on any atom is 0.213 e. The molecule has 0 atom stereocenters. The molecule has 34 heavy (non-hydrogen) atoms. The first-order chi connectivity index (χ1) is 16.6. The highest BCUT2D eigenvalue weighted by atomic mass is 16.5. The Morgan fingerprint density at radius 3 is 2.50 bits per heavy atom. The van der Waals surface area contributed by atoms with Gasteiger partial charge in [0.15, 0.2) is 5.65 Å². The molecule has 0 aliphatic carbocycles. The van der Waals surface area contributed by atoms with Gasteiger partial charge in [-0.1, -0.05) is 12.1 Å². The third-order valence-electron chi connectivity index (χ3n) is 5.13. The Kier molecular flexibility index (Phi) is 5.61. The minimum absolute atomic E-state index is 0.528. The number of para-hydroxylation sites is 2. The summed E-state index contributed by atoms with van der Waals surface area (Å²) < 4.78 is 10.6. The summed E-state index contributed by atoms with van der Waals surface area (Å²) in [6.45, 7) is 1.84. The summed E-state index contributed by atoms with van der Waals surface area (Å²) in [5.41, 5.74) is 5.09. The number of aromatic amines is 1. The van der Waals surface area contributed by atoms with Gasteiger partial charge >= 0.3 is 0 Å². The zero-order valence-corrected chi connectivity index (χ0v) is 18.8. The third kappa shape index (κ3) is 4.16. The van der Waals surface area contributed by atoms with Crippen molar-refractivity contribution in [1.29, 1.82) is 0 Å². The van der Waals surface area contributed by atoms with Crippen LogP contribution in [-0.4, -0.2) is 44.1 Å². The van der Waals surface area contributed by atoms with E-state index in [1.54, 1.807) is 39.0 Å². The number of hydrogen-bond acceptors (Lipinski definition) is 9. The first-order valence-corrected chi connectivity index (χ1v) is 10.5. The van der Waals surface area contributed by atoms with Gasteiger partial charge in [-0.15, -0.1) is 0 Å². The van der Waals surface area contributed by atoms with Crippen LogP contribution < -0.4 is 20.1 Å². The molecule has 5 aromatic rings. The smallest absolute Gasteiger partial charge is 0.213 e. The molecule has 10 nitrogen and oxygen atoms in total. The lowest BCUT2D eigenvalue weighted by Gasteiger charge is -2.15. The van der Waals surface area contributed by atoms with Crippen LogP contribution in [0.15, 0.2) is 61.2 Å². The number of fused-ring (bicyclic) bond motifs is 1. The molecule has 0 unspecified atom stereocenters. The van der Waals surface area contributed by atoms with Crippen molar-refractivity contribution in [1.82, 2.24) is 29.9 Å². The van der Waals surface area contributed by atoms with E-state index < -0.39 is 0 Å². The second-order valence-corrected chi connectivity index (χ2v) is 7.38. The molecule has 0 fully saturated rings. The predicted octanol–water partition coefficient (Wildman–Crippen LogP) is 4.62. The number of nitrogens with zero attached hydrogens (tertiary/aromatic N) is 5. The molecular weight excluding hydrogens is 432 g/mol. The number of anilines is 4. The fourth-order valence-corrected chi connectivity index (χ4v) is 3.57. The van der Waals surface area contributed by atoms with Crippen LogP contribution in [0.1, 0.15) is 5.82 Å². The zero-order valence-electron chi connectivity index (χ0n) is 18.8. The van der Waals surface area contributed by atoms with Gasteiger partial charge in [0, 0.05) is 11.6 Å². The van der Waals surface area contributed by atoms with Crippen LogP contribution in [0.3, 0.4) is 0 Å². The van der Waals surface area contributed by atoms with Crippen molar-refractivity contribution < 1.29 is 9.47 Å². The van der Waals surface area contributed by atoms with E-state index in [2.05, 4.69) is 30.6 Å². The summed E-state index contributed by atoms with van der Waals surface area (Å²) in [7, 11) is 3.22. The second kappa shape index (κ2) is 9.02. The van der Waals surface area contributed by atoms with Crippen LogP contribution in [0.5, 0.6) is 11.6 Å². The molecular formula is C24H22N8O2. The molecule has 0 amide bonds. The summed E-state index contributed by atoms with van der Waals surface area (Å²) in [4.78, 5) is 25.5. The number of rotatable bonds is 7. The number of nitrogens with one attached hydrogen (secondary N) is 3. The molecule has 1 aromatic carbocycles. The van der Waals surface area contributed by atoms with Gasteiger partial charge in [0.25, 0.3) is 0 Å². The number of aryl methyl sites for hydroxylation is 1. The van der Waals surface area contributed by atoms with E-state index in [0.29, 0.717) is 28.9 Å². The molecule has 10 heteroatoms. The highest BCUT2D eigenvalue weighted by Gasteiger charge is 2.17. The van der Waals surface area contributed by atoms with Gasteiger partial charge in [-0.2, -0.15) is 0 Å². The lowest BCUT2D eigenvalue weighted by Crippen LogP contribution is -2.02. The van der Waals surface area contributed by atoms with Crippen LogP contribution in [-0.2, 0) is 0 Å². The van der Waals surface area contributed by atoms with Gasteiger partial charge in [-0.25, -0.2) is 24.9 Å². The average Bonchev–Trinajstić information content (AvgIpc) is 3.34. The van der Waals surface area contributed by atoms with Crippen LogP contribution in [0.25, 0.3) is 22.4 Å². The summed E-state index contributed by atoms with van der Waals surface area (Å²) in [5, 5.41) is 6.72. The van der Waals surface area contributed by atoms with E-state index in [9.17, 15) is 0 Å². The van der Waals surface area contributed by atoms with Crippen LogP contribution in [0.4, 0.5) is 22.9 Å². The van der Waals surface area contributed by atoms with E-state index in [0.717, 1.165) is 33.9 Å². The van der Waals surface area contributed by atoms with Crippen molar-refractivity contribution in [2.75, 3.05) is 24.9 Å². The molecule has 0 saturated carbocycles. The molecule has 5 rings (SSSR count). The summed E-state index contributed by atoms with van der Waals surface area (Å²) in [6.07, 6.45) is 5.03. The maximum atomic E-state index is 5.47. The molecule has 0 aliphatic heterocycles. The highest BCUT2D eigenvalue weighted by Crippen LogP contribution is 2.35. The normalized spacial score (nSPS) is 10.8. The summed E-state index contributed by atoms with van der Waals surface area (Å²) in [6, 6.07) is 13.3.